The molecule has 1 fully saturated rings. The van der Waals surface area contributed by atoms with Gasteiger partial charge in [-0.3, -0.25) is 14.5 Å². The molecule has 202 valence electrons. The second-order valence-corrected chi connectivity index (χ2v) is 10.9. The molecule has 2 aromatic carbocycles. The molecule has 0 aliphatic carbocycles. The van der Waals surface area contributed by atoms with Gasteiger partial charge in [0.25, 0.3) is 0 Å². The van der Waals surface area contributed by atoms with Crippen LogP contribution in [0.5, 0.6) is 0 Å². The minimum Gasteiger partial charge on any atom is -0.346 e. The van der Waals surface area contributed by atoms with Gasteiger partial charge in [-0.2, -0.15) is 13.2 Å². The van der Waals surface area contributed by atoms with Crippen molar-refractivity contribution in [2.75, 3.05) is 32.7 Å². The minimum atomic E-state index is -4.63. The Kier molecular flexibility index (Phi) is 9.00. The van der Waals surface area contributed by atoms with E-state index in [1.807, 2.05) is 24.3 Å². The Balaban J connectivity index is 1.25. The first kappa shape index (κ1) is 28.4. The number of hydrogen-bond acceptors (Lipinski definition) is 5. The molecule has 1 aromatic heterocycles. The molecule has 1 atom stereocenters. The van der Waals surface area contributed by atoms with Crippen LogP contribution in [0.4, 0.5) is 13.2 Å². The molecular formula is C26H25Cl2F3N4O2S. The van der Waals surface area contributed by atoms with Crippen LogP contribution in [0, 0.1) is 0 Å². The lowest BCUT2D eigenvalue weighted by molar-refractivity contribution is -0.147. The highest BCUT2D eigenvalue weighted by Gasteiger charge is 2.34. The van der Waals surface area contributed by atoms with Gasteiger partial charge < -0.3 is 16.0 Å². The zero-order valence-corrected chi connectivity index (χ0v) is 22.4. The highest BCUT2D eigenvalue weighted by atomic mass is 35.5. The van der Waals surface area contributed by atoms with Gasteiger partial charge in [0.15, 0.2) is 0 Å². The molecule has 3 aromatic rings. The van der Waals surface area contributed by atoms with Crippen molar-refractivity contribution in [3.05, 3.63) is 80.6 Å². The van der Waals surface area contributed by atoms with E-state index in [2.05, 4.69) is 22.3 Å². The zero-order chi connectivity index (χ0) is 27.4. The van der Waals surface area contributed by atoms with Gasteiger partial charge in [0, 0.05) is 60.1 Å². The van der Waals surface area contributed by atoms with Crippen LogP contribution in [0.3, 0.4) is 0 Å². The van der Waals surface area contributed by atoms with Gasteiger partial charge >= 0.3 is 18.0 Å². The predicted octanol–water partition coefficient (Wildman–Crippen LogP) is 5.20. The number of nitrogens with zero attached hydrogens (tertiary/aromatic N) is 2. The number of benzene rings is 2. The van der Waals surface area contributed by atoms with Crippen molar-refractivity contribution in [3.63, 3.8) is 0 Å². The van der Waals surface area contributed by atoms with Crippen molar-refractivity contribution < 1.29 is 22.8 Å². The maximum atomic E-state index is 13.1. The number of nitrogens with two attached hydrogens (primary N) is 1. The quantitative estimate of drug-likeness (QED) is 0.390. The molecule has 2 heterocycles. The van der Waals surface area contributed by atoms with Crippen molar-refractivity contribution in [2.45, 2.75) is 18.8 Å². The van der Waals surface area contributed by atoms with Crippen LogP contribution in [-0.4, -0.2) is 54.3 Å². The van der Waals surface area contributed by atoms with E-state index in [9.17, 15) is 22.8 Å². The molecular weight excluding hydrogens is 560 g/mol. The monoisotopic (exact) mass is 584 g/mol. The van der Waals surface area contributed by atoms with Crippen molar-refractivity contribution in [1.82, 2.24) is 15.1 Å². The smallest absolute Gasteiger partial charge is 0.346 e. The summed E-state index contributed by atoms with van der Waals surface area (Å²) >= 11 is 13.4. The van der Waals surface area contributed by atoms with Crippen LogP contribution in [-0.2, 0) is 22.3 Å². The summed E-state index contributed by atoms with van der Waals surface area (Å²) < 4.78 is 39.3. The number of hydrogen-bond donors (Lipinski definition) is 2. The van der Waals surface area contributed by atoms with Gasteiger partial charge in [0.05, 0.1) is 10.6 Å². The fourth-order valence-electron chi connectivity index (χ4n) is 4.12. The Morgan fingerprint density at radius 1 is 1.03 bits per heavy atom. The first-order valence-electron chi connectivity index (χ1n) is 11.8. The Bertz CT molecular complexity index is 1310. The number of carbonyl (C=O) groups is 2. The number of carbonyl (C=O) groups excluding carboxylic acids is 2. The molecule has 2 amide bonds. The molecule has 38 heavy (non-hydrogen) atoms. The summed E-state index contributed by atoms with van der Waals surface area (Å²) in [6.45, 7) is 2.52. The third kappa shape index (κ3) is 7.06. The Morgan fingerprint density at radius 3 is 2.45 bits per heavy atom. The highest BCUT2D eigenvalue weighted by molar-refractivity contribution is 7.15. The third-order valence-corrected chi connectivity index (χ3v) is 7.89. The number of thiophene rings is 1. The second kappa shape index (κ2) is 12.0. The van der Waals surface area contributed by atoms with E-state index in [0.29, 0.717) is 31.2 Å². The van der Waals surface area contributed by atoms with E-state index in [4.69, 9.17) is 28.9 Å². The fourth-order valence-corrected chi connectivity index (χ4v) is 5.58. The van der Waals surface area contributed by atoms with E-state index in [0.717, 1.165) is 29.1 Å². The molecule has 0 saturated carbocycles. The van der Waals surface area contributed by atoms with Gasteiger partial charge in [0.2, 0.25) is 0 Å². The van der Waals surface area contributed by atoms with Crippen LogP contribution >= 0.6 is 34.5 Å². The van der Waals surface area contributed by atoms with Crippen molar-refractivity contribution >= 4 is 46.4 Å². The molecule has 1 aliphatic rings. The van der Waals surface area contributed by atoms with Crippen LogP contribution in [0.2, 0.25) is 10.0 Å². The number of rotatable bonds is 6. The molecule has 0 spiro atoms. The summed E-state index contributed by atoms with van der Waals surface area (Å²) in [7, 11) is 0. The number of amides is 2. The van der Waals surface area contributed by atoms with Crippen LogP contribution in [0.25, 0.3) is 10.4 Å². The third-order valence-electron chi connectivity index (χ3n) is 6.21. The number of piperazine rings is 1. The Labute approximate surface area is 232 Å². The lowest BCUT2D eigenvalue weighted by atomic mass is 10.0. The second-order valence-electron chi connectivity index (χ2n) is 8.90. The molecule has 12 heteroatoms. The molecule has 1 saturated heterocycles. The average molecular weight is 585 g/mol. The van der Waals surface area contributed by atoms with Gasteiger partial charge in [-0.05, 0) is 47.5 Å². The van der Waals surface area contributed by atoms with Gasteiger partial charge in [-0.15, -0.1) is 11.3 Å². The molecule has 4 rings (SSSR count). The summed E-state index contributed by atoms with van der Waals surface area (Å²) in [5.41, 5.74) is 6.17. The van der Waals surface area contributed by atoms with E-state index in [-0.39, 0.29) is 12.1 Å². The first-order valence-corrected chi connectivity index (χ1v) is 13.3. The van der Waals surface area contributed by atoms with Crippen molar-refractivity contribution in [3.8, 4) is 10.4 Å². The number of alkyl halides is 3. The predicted molar refractivity (Wildman–Crippen MR) is 143 cm³/mol. The normalized spacial score (nSPS) is 15.4. The number of halogens is 5. The van der Waals surface area contributed by atoms with Crippen molar-refractivity contribution in [2.24, 2.45) is 5.73 Å². The summed E-state index contributed by atoms with van der Waals surface area (Å²) in [5, 5.41) is 2.68. The minimum absolute atomic E-state index is 0.148. The molecule has 3 N–H and O–H groups in total. The van der Waals surface area contributed by atoms with Crippen LogP contribution in [0.15, 0.2) is 54.6 Å². The lowest BCUT2D eigenvalue weighted by Crippen LogP contribution is -2.52. The molecule has 1 aliphatic heterocycles. The van der Waals surface area contributed by atoms with Gasteiger partial charge in [-0.1, -0.05) is 41.4 Å². The first-order chi connectivity index (χ1) is 18.0. The molecule has 0 bridgehead atoms. The summed E-state index contributed by atoms with van der Waals surface area (Å²) in [5.74, 6) is -1.54. The summed E-state index contributed by atoms with van der Waals surface area (Å²) in [6, 6.07) is 14.2. The standard InChI is InChI=1S/C26H25Cl2F3N4O2S/c27-18-3-1-2-17(12-18)23-7-5-19(38-23)15-34-8-10-35(11-9-34)25(37)24(36)33-14-22(32)16-4-6-21(28)20(13-16)26(29,30)31/h1-7,12-13,22H,8-11,14-15,32H2,(H,33,36). The van der Waals surface area contributed by atoms with E-state index < -0.39 is 34.6 Å². The van der Waals surface area contributed by atoms with Crippen LogP contribution < -0.4 is 11.1 Å². The Hall–Kier alpha value is -2.63. The van der Waals surface area contributed by atoms with Crippen molar-refractivity contribution in [1.29, 1.82) is 0 Å². The summed E-state index contributed by atoms with van der Waals surface area (Å²) in [6.07, 6.45) is -4.63. The molecule has 6 nitrogen and oxygen atoms in total. The van der Waals surface area contributed by atoms with Gasteiger partial charge in [-0.25, -0.2) is 0 Å². The largest absolute Gasteiger partial charge is 0.417 e. The van der Waals surface area contributed by atoms with Gasteiger partial charge in [0.1, 0.15) is 0 Å². The SMILES string of the molecule is NC(CNC(=O)C(=O)N1CCN(Cc2ccc(-c3cccc(Cl)c3)s2)CC1)c1ccc(Cl)c(C(F)(F)F)c1. The highest BCUT2D eigenvalue weighted by Crippen LogP contribution is 2.36. The van der Waals surface area contributed by atoms with E-state index >= 15 is 0 Å². The van der Waals surface area contributed by atoms with E-state index in [1.165, 1.54) is 15.8 Å². The maximum absolute atomic E-state index is 13.1. The average Bonchev–Trinajstić information content (AvgIpc) is 3.35. The summed E-state index contributed by atoms with van der Waals surface area (Å²) in [4.78, 5) is 31.0. The molecule has 0 radical (unpaired) electrons. The fraction of sp³-hybridized carbons (Fsp3) is 0.308. The topological polar surface area (TPSA) is 78.7 Å². The number of nitrogens with one attached hydrogen (secondary N) is 1. The van der Waals surface area contributed by atoms with Crippen LogP contribution in [0.1, 0.15) is 22.0 Å². The van der Waals surface area contributed by atoms with E-state index in [1.54, 1.807) is 11.3 Å². The zero-order valence-electron chi connectivity index (χ0n) is 20.1. The molecule has 1 unspecified atom stereocenters. The lowest BCUT2D eigenvalue weighted by Gasteiger charge is -2.34. The maximum Gasteiger partial charge on any atom is 0.417 e. The Morgan fingerprint density at radius 2 is 1.76 bits per heavy atom.